The van der Waals surface area contributed by atoms with Crippen molar-refractivity contribution in [2.45, 2.75) is 19.9 Å². The van der Waals surface area contributed by atoms with E-state index in [9.17, 15) is 19.7 Å². The number of anilines is 1. The van der Waals surface area contributed by atoms with Crippen molar-refractivity contribution in [1.82, 2.24) is 4.57 Å². The number of esters is 1. The Kier molecular flexibility index (Phi) is 9.08. The number of non-ortho nitro benzene ring substituents is 1. The molecule has 12 heteroatoms. The summed E-state index contributed by atoms with van der Waals surface area (Å²) in [7, 11) is 0. The summed E-state index contributed by atoms with van der Waals surface area (Å²) < 4.78 is 18.5. The van der Waals surface area contributed by atoms with E-state index in [-0.39, 0.29) is 23.4 Å². The van der Waals surface area contributed by atoms with Crippen molar-refractivity contribution >= 4 is 40.5 Å². The molecule has 1 aromatic heterocycles. The third-order valence-electron chi connectivity index (χ3n) is 7.74. The smallest absolute Gasteiger partial charge is 0.338 e. The van der Waals surface area contributed by atoms with E-state index in [2.05, 4.69) is 4.90 Å². The van der Waals surface area contributed by atoms with Crippen LogP contribution in [0.1, 0.15) is 36.6 Å². The zero-order chi connectivity index (χ0) is 32.2. The molecule has 1 fully saturated rings. The van der Waals surface area contributed by atoms with Crippen LogP contribution in [-0.2, 0) is 14.3 Å². The topological polar surface area (TPSA) is 126 Å². The van der Waals surface area contributed by atoms with Gasteiger partial charge in [0.15, 0.2) is 4.80 Å². The van der Waals surface area contributed by atoms with Gasteiger partial charge >= 0.3 is 5.97 Å². The Bertz CT molecular complexity index is 1980. The largest absolute Gasteiger partial charge is 0.494 e. The van der Waals surface area contributed by atoms with Gasteiger partial charge in [-0.05, 0) is 43.7 Å². The van der Waals surface area contributed by atoms with Crippen LogP contribution < -0.4 is 24.5 Å². The summed E-state index contributed by atoms with van der Waals surface area (Å²) in [6.07, 6.45) is 1.67. The molecule has 0 saturated carbocycles. The Labute approximate surface area is 268 Å². The summed E-state index contributed by atoms with van der Waals surface area (Å²) in [6, 6.07) is 20.4. The van der Waals surface area contributed by atoms with Gasteiger partial charge in [-0.25, -0.2) is 9.79 Å². The average molecular weight is 641 g/mol. The van der Waals surface area contributed by atoms with Crippen LogP contribution in [0.2, 0.25) is 0 Å². The van der Waals surface area contributed by atoms with Crippen molar-refractivity contribution in [3.8, 4) is 5.75 Å². The van der Waals surface area contributed by atoms with E-state index in [1.54, 1.807) is 31.2 Å². The molecule has 46 heavy (non-hydrogen) atoms. The second kappa shape index (κ2) is 13.5. The number of hydrogen-bond donors (Lipinski definition) is 0. The molecule has 11 nitrogen and oxygen atoms in total. The predicted octanol–water partition coefficient (Wildman–Crippen LogP) is 4.08. The molecule has 0 unspecified atom stereocenters. The van der Waals surface area contributed by atoms with Gasteiger partial charge in [-0.3, -0.25) is 19.5 Å². The number of nitrogens with zero attached hydrogens (tertiary/aromatic N) is 4. The Hall–Kier alpha value is -5.07. The van der Waals surface area contributed by atoms with E-state index in [0.29, 0.717) is 70.4 Å². The molecule has 1 atom stereocenters. The molecule has 1 saturated heterocycles. The Balaban J connectivity index is 1.60. The van der Waals surface area contributed by atoms with Crippen LogP contribution in [0.15, 0.2) is 88.2 Å². The number of nitro groups is 1. The first-order valence-electron chi connectivity index (χ1n) is 15.0. The van der Waals surface area contributed by atoms with Crippen molar-refractivity contribution in [1.29, 1.82) is 0 Å². The SMILES string of the molecule is CCOC(=O)C1=C(c2ccccc2)N=c2sc(=Cc3cc([N+](=O)[O-])ccc3N3CCOCC3)c(=O)n2[C@@H]1c1ccc(OCC)cc1. The number of benzene rings is 3. The van der Waals surface area contributed by atoms with Crippen LogP contribution in [0.3, 0.4) is 0 Å². The van der Waals surface area contributed by atoms with Crippen LogP contribution in [0.5, 0.6) is 5.75 Å². The van der Waals surface area contributed by atoms with Crippen molar-refractivity contribution in [2.24, 2.45) is 4.99 Å². The van der Waals surface area contributed by atoms with E-state index in [0.717, 1.165) is 5.69 Å². The van der Waals surface area contributed by atoms with Gasteiger partial charge in [0, 0.05) is 42.0 Å². The van der Waals surface area contributed by atoms with Crippen molar-refractivity contribution < 1.29 is 23.9 Å². The number of rotatable bonds is 9. The van der Waals surface area contributed by atoms with Crippen molar-refractivity contribution in [3.05, 3.63) is 125 Å². The number of ether oxygens (including phenoxy) is 3. The lowest BCUT2D eigenvalue weighted by atomic mass is 9.93. The minimum Gasteiger partial charge on any atom is -0.494 e. The summed E-state index contributed by atoms with van der Waals surface area (Å²) >= 11 is 1.17. The number of thiazole rings is 1. The zero-order valence-electron chi connectivity index (χ0n) is 25.4. The standard InChI is InChI=1S/C34H32N4O7S/c1-3-44-26-13-10-23(11-14-26)31-29(33(40)45-4-2)30(22-8-6-5-7-9-22)35-34-37(31)32(39)28(46-34)21-24-20-25(38(41)42)12-15-27(24)36-16-18-43-19-17-36/h5-15,20-21,31H,3-4,16-19H2,1-2H3/t31-/m1/s1. The average Bonchev–Trinajstić information content (AvgIpc) is 3.39. The third-order valence-corrected chi connectivity index (χ3v) is 8.72. The molecule has 3 aromatic carbocycles. The second-order valence-corrected chi connectivity index (χ2v) is 11.5. The van der Waals surface area contributed by atoms with E-state index >= 15 is 0 Å². The summed E-state index contributed by atoms with van der Waals surface area (Å²) in [5.74, 6) is 0.0801. The van der Waals surface area contributed by atoms with Gasteiger partial charge in [0.25, 0.3) is 11.2 Å². The first kappa shape index (κ1) is 30.9. The number of carbonyl (C=O) groups excluding carboxylic acids is 1. The maximum atomic E-state index is 14.4. The number of carbonyl (C=O) groups is 1. The maximum absolute atomic E-state index is 14.4. The van der Waals surface area contributed by atoms with Crippen LogP contribution in [0, 0.1) is 10.1 Å². The van der Waals surface area contributed by atoms with E-state index in [1.165, 1.54) is 28.0 Å². The van der Waals surface area contributed by atoms with Gasteiger partial charge < -0.3 is 19.1 Å². The number of hydrogen-bond acceptors (Lipinski definition) is 10. The van der Waals surface area contributed by atoms with Crippen LogP contribution in [0.4, 0.5) is 11.4 Å². The van der Waals surface area contributed by atoms with Gasteiger partial charge in [0.1, 0.15) is 5.75 Å². The van der Waals surface area contributed by atoms with Crippen LogP contribution >= 0.6 is 11.3 Å². The number of nitro benzene ring substituents is 1. The Morgan fingerprint density at radius 1 is 1.07 bits per heavy atom. The molecule has 0 radical (unpaired) electrons. The lowest BCUT2D eigenvalue weighted by Crippen LogP contribution is -2.40. The molecule has 6 rings (SSSR count). The molecule has 0 bridgehead atoms. The monoisotopic (exact) mass is 640 g/mol. The van der Waals surface area contributed by atoms with Gasteiger partial charge in [-0.15, -0.1) is 0 Å². The molecule has 2 aliphatic heterocycles. The quantitative estimate of drug-likeness (QED) is 0.152. The van der Waals surface area contributed by atoms with E-state index in [4.69, 9.17) is 19.2 Å². The molecule has 0 spiro atoms. The maximum Gasteiger partial charge on any atom is 0.338 e. The number of fused-ring (bicyclic) bond motifs is 1. The molecular weight excluding hydrogens is 608 g/mol. The zero-order valence-corrected chi connectivity index (χ0v) is 26.2. The fourth-order valence-corrected chi connectivity index (χ4v) is 6.67. The van der Waals surface area contributed by atoms with E-state index in [1.807, 2.05) is 49.4 Å². The van der Waals surface area contributed by atoms with Gasteiger partial charge in [-0.2, -0.15) is 0 Å². The summed E-state index contributed by atoms with van der Waals surface area (Å²) in [5.41, 5.74) is 2.86. The molecule has 0 amide bonds. The minimum absolute atomic E-state index is 0.0840. The summed E-state index contributed by atoms with van der Waals surface area (Å²) in [5, 5.41) is 11.7. The van der Waals surface area contributed by atoms with Crippen molar-refractivity contribution in [3.63, 3.8) is 0 Å². The molecule has 0 aliphatic carbocycles. The highest BCUT2D eigenvalue weighted by Crippen LogP contribution is 2.36. The summed E-state index contributed by atoms with van der Waals surface area (Å²) in [6.45, 7) is 6.53. The van der Waals surface area contributed by atoms with E-state index < -0.39 is 16.9 Å². The van der Waals surface area contributed by atoms with Crippen LogP contribution in [-0.4, -0.2) is 55.0 Å². The summed E-state index contributed by atoms with van der Waals surface area (Å²) in [4.78, 5) is 46.7. The third kappa shape index (κ3) is 6.09. The second-order valence-electron chi connectivity index (χ2n) is 10.5. The fraction of sp³-hybridized carbons (Fsp3) is 0.265. The predicted molar refractivity (Wildman–Crippen MR) is 175 cm³/mol. The fourth-order valence-electron chi connectivity index (χ4n) is 5.67. The Morgan fingerprint density at radius 2 is 1.80 bits per heavy atom. The first-order chi connectivity index (χ1) is 22.4. The lowest BCUT2D eigenvalue weighted by molar-refractivity contribution is -0.384. The highest BCUT2D eigenvalue weighted by molar-refractivity contribution is 7.07. The normalized spacial score (nSPS) is 16.5. The Morgan fingerprint density at radius 3 is 2.48 bits per heavy atom. The molecule has 0 N–H and O–H groups in total. The highest BCUT2D eigenvalue weighted by atomic mass is 32.1. The molecule has 3 heterocycles. The van der Waals surface area contributed by atoms with Crippen molar-refractivity contribution in [2.75, 3.05) is 44.4 Å². The highest BCUT2D eigenvalue weighted by Gasteiger charge is 2.35. The van der Waals surface area contributed by atoms with Gasteiger partial charge in [0.2, 0.25) is 0 Å². The first-order valence-corrected chi connectivity index (χ1v) is 15.8. The van der Waals surface area contributed by atoms with Crippen LogP contribution in [0.25, 0.3) is 11.8 Å². The molecule has 2 aliphatic rings. The molecule has 4 aromatic rings. The van der Waals surface area contributed by atoms with Gasteiger partial charge in [0.05, 0.1) is 53.2 Å². The lowest BCUT2D eigenvalue weighted by Gasteiger charge is -2.30. The minimum atomic E-state index is -0.854. The number of aromatic nitrogens is 1. The molecular formula is C34H32N4O7S. The number of morpholine rings is 1. The molecule has 236 valence electrons. The van der Waals surface area contributed by atoms with Gasteiger partial charge in [-0.1, -0.05) is 53.8 Å².